The lowest BCUT2D eigenvalue weighted by Crippen LogP contribution is -2.40. The van der Waals surface area contributed by atoms with E-state index in [0.29, 0.717) is 23.7 Å². The minimum absolute atomic E-state index is 0.179. The number of rotatable bonds is 2. The topological polar surface area (TPSA) is 40.5 Å². The zero-order valence-corrected chi connectivity index (χ0v) is 10.4. The maximum absolute atomic E-state index is 10.2. The normalized spacial score (nSPS) is 41.1. The standard InChI is InChI=1S/C14H24O2/c1-9-6-7-12(10(2)8-15)14-11(9)4-3-5-13(14)16/h4,9-10,12-16H,3,5-8H2,1-2H3/t9-,10+,12+,13-,14-/m0/s1. The molecule has 2 heteroatoms. The van der Waals surface area contributed by atoms with Gasteiger partial charge in [-0.2, -0.15) is 0 Å². The van der Waals surface area contributed by atoms with Crippen molar-refractivity contribution in [3.63, 3.8) is 0 Å². The van der Waals surface area contributed by atoms with Gasteiger partial charge in [0.1, 0.15) is 0 Å². The molecular formula is C14H24O2. The molecule has 0 heterocycles. The minimum Gasteiger partial charge on any atom is -0.396 e. The van der Waals surface area contributed by atoms with E-state index >= 15 is 0 Å². The summed E-state index contributed by atoms with van der Waals surface area (Å²) >= 11 is 0. The van der Waals surface area contributed by atoms with E-state index in [1.165, 1.54) is 12.0 Å². The van der Waals surface area contributed by atoms with Crippen molar-refractivity contribution < 1.29 is 10.2 Å². The van der Waals surface area contributed by atoms with Gasteiger partial charge in [-0.25, -0.2) is 0 Å². The Bertz CT molecular complexity index is 272. The zero-order chi connectivity index (χ0) is 11.7. The van der Waals surface area contributed by atoms with E-state index in [0.717, 1.165) is 19.3 Å². The second kappa shape index (κ2) is 4.89. The quantitative estimate of drug-likeness (QED) is 0.707. The van der Waals surface area contributed by atoms with Crippen LogP contribution >= 0.6 is 0 Å². The van der Waals surface area contributed by atoms with Crippen LogP contribution in [0, 0.1) is 23.7 Å². The van der Waals surface area contributed by atoms with Crippen molar-refractivity contribution >= 4 is 0 Å². The van der Waals surface area contributed by atoms with E-state index in [1.807, 2.05) is 0 Å². The molecule has 2 aliphatic carbocycles. The van der Waals surface area contributed by atoms with Gasteiger partial charge in [-0.05, 0) is 43.4 Å². The molecule has 0 saturated heterocycles. The maximum atomic E-state index is 10.2. The molecule has 0 amide bonds. The molecule has 0 spiro atoms. The van der Waals surface area contributed by atoms with Crippen LogP contribution in [0.25, 0.3) is 0 Å². The van der Waals surface area contributed by atoms with Crippen molar-refractivity contribution in [1.29, 1.82) is 0 Å². The average Bonchev–Trinajstić information content (AvgIpc) is 2.30. The Morgan fingerprint density at radius 1 is 1.38 bits per heavy atom. The predicted molar refractivity (Wildman–Crippen MR) is 65.0 cm³/mol. The fourth-order valence-electron chi connectivity index (χ4n) is 3.58. The number of aliphatic hydroxyl groups is 2. The van der Waals surface area contributed by atoms with Gasteiger partial charge in [-0.1, -0.05) is 25.5 Å². The van der Waals surface area contributed by atoms with Crippen LogP contribution in [0.5, 0.6) is 0 Å². The molecule has 0 bridgehead atoms. The number of hydrogen-bond donors (Lipinski definition) is 2. The van der Waals surface area contributed by atoms with Crippen molar-refractivity contribution in [3.05, 3.63) is 11.6 Å². The molecule has 1 saturated carbocycles. The summed E-state index contributed by atoms with van der Waals surface area (Å²) in [4.78, 5) is 0. The Morgan fingerprint density at radius 2 is 2.12 bits per heavy atom. The summed E-state index contributed by atoms with van der Waals surface area (Å²) in [6.45, 7) is 4.63. The number of fused-ring (bicyclic) bond motifs is 1. The van der Waals surface area contributed by atoms with Crippen molar-refractivity contribution in [2.75, 3.05) is 6.61 Å². The molecule has 0 aromatic heterocycles. The summed E-state index contributed by atoms with van der Waals surface area (Å²) in [5, 5.41) is 19.5. The van der Waals surface area contributed by atoms with Gasteiger partial charge in [0.2, 0.25) is 0 Å². The Balaban J connectivity index is 2.23. The van der Waals surface area contributed by atoms with Crippen molar-refractivity contribution in [2.45, 2.75) is 45.6 Å². The van der Waals surface area contributed by atoms with Crippen LogP contribution in [-0.2, 0) is 0 Å². The van der Waals surface area contributed by atoms with Crippen molar-refractivity contribution in [1.82, 2.24) is 0 Å². The third-order valence-electron chi connectivity index (χ3n) is 4.62. The lowest BCUT2D eigenvalue weighted by molar-refractivity contribution is 0.0244. The highest BCUT2D eigenvalue weighted by Crippen LogP contribution is 2.46. The summed E-state index contributed by atoms with van der Waals surface area (Å²) in [6, 6.07) is 0. The van der Waals surface area contributed by atoms with Gasteiger partial charge in [-0.15, -0.1) is 0 Å². The molecule has 2 N–H and O–H groups in total. The van der Waals surface area contributed by atoms with E-state index in [2.05, 4.69) is 19.9 Å². The molecule has 92 valence electrons. The second-order valence-electron chi connectivity index (χ2n) is 5.68. The van der Waals surface area contributed by atoms with Gasteiger partial charge >= 0.3 is 0 Å². The van der Waals surface area contributed by atoms with Gasteiger partial charge in [-0.3, -0.25) is 0 Å². The molecule has 2 nitrogen and oxygen atoms in total. The fourth-order valence-corrected chi connectivity index (χ4v) is 3.58. The third-order valence-corrected chi connectivity index (χ3v) is 4.62. The Morgan fingerprint density at radius 3 is 2.81 bits per heavy atom. The molecule has 0 aliphatic heterocycles. The molecule has 0 radical (unpaired) electrons. The highest BCUT2D eigenvalue weighted by molar-refractivity contribution is 5.19. The lowest BCUT2D eigenvalue weighted by Gasteiger charge is -2.44. The minimum atomic E-state index is -0.179. The first-order chi connectivity index (χ1) is 7.65. The molecule has 16 heavy (non-hydrogen) atoms. The molecule has 0 aromatic carbocycles. The average molecular weight is 224 g/mol. The zero-order valence-electron chi connectivity index (χ0n) is 10.4. The Hall–Kier alpha value is -0.340. The van der Waals surface area contributed by atoms with Gasteiger partial charge in [0.15, 0.2) is 0 Å². The molecule has 2 rings (SSSR count). The highest BCUT2D eigenvalue weighted by Gasteiger charge is 2.40. The van der Waals surface area contributed by atoms with E-state index in [4.69, 9.17) is 0 Å². The Kier molecular flexibility index (Phi) is 3.70. The number of hydrogen-bond acceptors (Lipinski definition) is 2. The van der Waals surface area contributed by atoms with E-state index in [1.54, 1.807) is 0 Å². The van der Waals surface area contributed by atoms with Crippen molar-refractivity contribution in [3.8, 4) is 0 Å². The smallest absolute Gasteiger partial charge is 0.0611 e. The molecule has 1 fully saturated rings. The molecular weight excluding hydrogens is 200 g/mol. The number of allylic oxidation sites excluding steroid dienone is 1. The van der Waals surface area contributed by atoms with Crippen LogP contribution < -0.4 is 0 Å². The molecule has 2 aliphatic rings. The lowest BCUT2D eigenvalue weighted by atomic mass is 9.62. The molecule has 5 atom stereocenters. The summed E-state index contributed by atoms with van der Waals surface area (Å²) in [5.74, 6) is 1.73. The summed E-state index contributed by atoms with van der Waals surface area (Å²) < 4.78 is 0. The van der Waals surface area contributed by atoms with Crippen LogP contribution in [0.2, 0.25) is 0 Å². The van der Waals surface area contributed by atoms with E-state index < -0.39 is 0 Å². The molecule has 0 aromatic rings. The summed E-state index contributed by atoms with van der Waals surface area (Å²) in [5.41, 5.74) is 1.47. The van der Waals surface area contributed by atoms with Crippen LogP contribution in [0.1, 0.15) is 39.5 Å². The maximum Gasteiger partial charge on any atom is 0.0611 e. The van der Waals surface area contributed by atoms with Gasteiger partial charge in [0.05, 0.1) is 6.10 Å². The highest BCUT2D eigenvalue weighted by atomic mass is 16.3. The second-order valence-corrected chi connectivity index (χ2v) is 5.68. The molecule has 0 unspecified atom stereocenters. The van der Waals surface area contributed by atoms with E-state index in [-0.39, 0.29) is 12.7 Å². The van der Waals surface area contributed by atoms with Gasteiger partial charge < -0.3 is 10.2 Å². The van der Waals surface area contributed by atoms with Gasteiger partial charge in [0, 0.05) is 12.5 Å². The first kappa shape index (κ1) is 12.1. The third kappa shape index (κ3) is 2.05. The summed E-state index contributed by atoms with van der Waals surface area (Å²) in [6.07, 6.45) is 6.46. The SMILES string of the molecule is C[C@H](CO)[C@H]1CC[C@H](C)C2=CCC[C@H](O)[C@@H]21. The first-order valence-electron chi connectivity index (χ1n) is 6.64. The van der Waals surface area contributed by atoms with Crippen LogP contribution in [-0.4, -0.2) is 22.9 Å². The van der Waals surface area contributed by atoms with E-state index in [9.17, 15) is 10.2 Å². The largest absolute Gasteiger partial charge is 0.396 e. The van der Waals surface area contributed by atoms with Gasteiger partial charge in [0.25, 0.3) is 0 Å². The fraction of sp³-hybridized carbons (Fsp3) is 0.857. The van der Waals surface area contributed by atoms with Crippen LogP contribution in [0.4, 0.5) is 0 Å². The Labute approximate surface area is 98.4 Å². The van der Waals surface area contributed by atoms with Crippen LogP contribution in [0.3, 0.4) is 0 Å². The predicted octanol–water partition coefficient (Wildman–Crippen LogP) is 2.36. The monoisotopic (exact) mass is 224 g/mol. The summed E-state index contributed by atoms with van der Waals surface area (Å²) in [7, 11) is 0. The first-order valence-corrected chi connectivity index (χ1v) is 6.64. The van der Waals surface area contributed by atoms with Crippen LogP contribution in [0.15, 0.2) is 11.6 Å². The number of aliphatic hydroxyl groups excluding tert-OH is 2. The van der Waals surface area contributed by atoms with Crippen molar-refractivity contribution in [2.24, 2.45) is 23.7 Å².